The molecule has 6 heteroatoms. The monoisotopic (exact) mass is 425 g/mol. The van der Waals surface area contributed by atoms with Gasteiger partial charge in [-0.2, -0.15) is 0 Å². The van der Waals surface area contributed by atoms with Crippen LogP contribution in [0.15, 0.2) is 4.99 Å². The number of ether oxygens (including phenoxy) is 2. The van der Waals surface area contributed by atoms with Crippen LogP contribution < -0.4 is 10.6 Å². The van der Waals surface area contributed by atoms with Crippen LogP contribution in [-0.2, 0) is 9.47 Å². The molecule has 1 heterocycles. The standard InChI is InChI=1S/C16H31N3O2.HI/c1-16(9-5-12-21-16)13-19-15(17-2)18-10-6-11-20-14-7-3-4-8-14;/h14H,3-13H2,1-2H3,(H2,17,18,19);1H. The lowest BCUT2D eigenvalue weighted by Gasteiger charge is -2.24. The third-order valence-corrected chi connectivity index (χ3v) is 4.42. The molecule has 0 aromatic heterocycles. The molecular formula is C16H32IN3O2. The van der Waals surface area contributed by atoms with Crippen molar-refractivity contribution in [2.45, 2.75) is 63.6 Å². The fourth-order valence-corrected chi connectivity index (χ4v) is 3.05. The van der Waals surface area contributed by atoms with E-state index in [-0.39, 0.29) is 29.6 Å². The normalized spacial score (nSPS) is 26.0. The number of nitrogens with one attached hydrogen (secondary N) is 2. The Morgan fingerprint density at radius 2 is 2.05 bits per heavy atom. The summed E-state index contributed by atoms with van der Waals surface area (Å²) in [5.41, 5.74) is -0.0385. The first kappa shape index (κ1) is 20.0. The van der Waals surface area contributed by atoms with Gasteiger partial charge in [0.25, 0.3) is 0 Å². The number of nitrogens with zero attached hydrogens (tertiary/aromatic N) is 1. The molecule has 2 rings (SSSR count). The molecule has 130 valence electrons. The Bertz CT molecular complexity index is 327. The minimum Gasteiger partial charge on any atom is -0.378 e. The van der Waals surface area contributed by atoms with Crippen molar-refractivity contribution in [3.05, 3.63) is 0 Å². The highest BCUT2D eigenvalue weighted by molar-refractivity contribution is 14.0. The minimum atomic E-state index is -0.0385. The van der Waals surface area contributed by atoms with E-state index in [1.807, 2.05) is 7.05 Å². The molecule has 1 aliphatic carbocycles. The van der Waals surface area contributed by atoms with Gasteiger partial charge in [0.05, 0.1) is 11.7 Å². The van der Waals surface area contributed by atoms with Crippen LogP contribution in [0.25, 0.3) is 0 Å². The summed E-state index contributed by atoms with van der Waals surface area (Å²) in [6.07, 6.45) is 8.97. The summed E-state index contributed by atoms with van der Waals surface area (Å²) in [5, 5.41) is 6.70. The summed E-state index contributed by atoms with van der Waals surface area (Å²) in [5.74, 6) is 0.854. The SMILES string of the molecule is CN=C(NCCCOC1CCCC1)NCC1(C)CCCO1.I. The Morgan fingerprint density at radius 1 is 1.27 bits per heavy atom. The van der Waals surface area contributed by atoms with Gasteiger partial charge in [-0.3, -0.25) is 4.99 Å². The second kappa shape index (κ2) is 10.6. The largest absolute Gasteiger partial charge is 0.378 e. The number of hydrogen-bond acceptors (Lipinski definition) is 3. The molecule has 1 aliphatic heterocycles. The van der Waals surface area contributed by atoms with Gasteiger partial charge in [0.2, 0.25) is 0 Å². The summed E-state index contributed by atoms with van der Waals surface area (Å²) in [6.45, 7) is 5.59. The first-order valence-corrected chi connectivity index (χ1v) is 8.42. The van der Waals surface area contributed by atoms with Gasteiger partial charge >= 0.3 is 0 Å². The van der Waals surface area contributed by atoms with Gasteiger partial charge in [-0.25, -0.2) is 0 Å². The lowest BCUT2D eigenvalue weighted by Crippen LogP contribution is -2.45. The van der Waals surface area contributed by atoms with E-state index in [9.17, 15) is 0 Å². The van der Waals surface area contributed by atoms with Crippen molar-refractivity contribution >= 4 is 29.9 Å². The second-order valence-corrected chi connectivity index (χ2v) is 6.39. The smallest absolute Gasteiger partial charge is 0.191 e. The molecule has 0 spiro atoms. The maximum Gasteiger partial charge on any atom is 0.191 e. The molecule has 1 saturated heterocycles. The Labute approximate surface area is 152 Å². The maximum atomic E-state index is 5.86. The zero-order valence-corrected chi connectivity index (χ0v) is 16.4. The van der Waals surface area contributed by atoms with Crippen molar-refractivity contribution in [3.8, 4) is 0 Å². The van der Waals surface area contributed by atoms with Crippen LogP contribution in [0.1, 0.15) is 51.9 Å². The van der Waals surface area contributed by atoms with Crippen LogP contribution in [-0.4, -0.2) is 51.0 Å². The second-order valence-electron chi connectivity index (χ2n) is 6.39. The Balaban J connectivity index is 0.00000242. The van der Waals surface area contributed by atoms with Crippen LogP contribution in [0.2, 0.25) is 0 Å². The zero-order valence-electron chi connectivity index (χ0n) is 14.0. The lowest BCUT2D eigenvalue weighted by atomic mass is 10.0. The molecule has 1 unspecified atom stereocenters. The molecule has 1 saturated carbocycles. The number of hydrogen-bond donors (Lipinski definition) is 2. The molecule has 2 aliphatic rings. The predicted octanol–water partition coefficient (Wildman–Crippen LogP) is 2.69. The molecule has 0 bridgehead atoms. The van der Waals surface area contributed by atoms with E-state index in [0.29, 0.717) is 6.10 Å². The van der Waals surface area contributed by atoms with Gasteiger partial charge in [-0.05, 0) is 39.0 Å². The number of guanidine groups is 1. The number of aliphatic imine (C=N–C) groups is 1. The van der Waals surface area contributed by atoms with Gasteiger partial charge in [0.1, 0.15) is 0 Å². The van der Waals surface area contributed by atoms with Crippen molar-refractivity contribution in [1.82, 2.24) is 10.6 Å². The first-order chi connectivity index (χ1) is 10.2. The molecule has 0 amide bonds. The highest BCUT2D eigenvalue weighted by atomic mass is 127. The van der Waals surface area contributed by atoms with Crippen LogP contribution >= 0.6 is 24.0 Å². The van der Waals surface area contributed by atoms with Crippen molar-refractivity contribution in [3.63, 3.8) is 0 Å². The lowest BCUT2D eigenvalue weighted by molar-refractivity contribution is 0.0242. The van der Waals surface area contributed by atoms with Crippen LogP contribution in [0.3, 0.4) is 0 Å². The summed E-state index contributed by atoms with van der Waals surface area (Å²) in [7, 11) is 1.81. The zero-order chi connectivity index (χ0) is 15.0. The van der Waals surface area contributed by atoms with Crippen molar-refractivity contribution < 1.29 is 9.47 Å². The maximum absolute atomic E-state index is 5.86. The minimum absolute atomic E-state index is 0. The molecular weight excluding hydrogens is 393 g/mol. The summed E-state index contributed by atoms with van der Waals surface area (Å²) < 4.78 is 11.6. The molecule has 0 radical (unpaired) electrons. The fourth-order valence-electron chi connectivity index (χ4n) is 3.05. The molecule has 0 aromatic carbocycles. The van der Waals surface area contributed by atoms with E-state index in [1.165, 1.54) is 25.7 Å². The molecule has 0 aromatic rings. The molecule has 2 N–H and O–H groups in total. The van der Waals surface area contributed by atoms with E-state index in [0.717, 1.165) is 51.5 Å². The average Bonchev–Trinajstić information content (AvgIpc) is 3.14. The van der Waals surface area contributed by atoms with Gasteiger partial charge < -0.3 is 20.1 Å². The van der Waals surface area contributed by atoms with E-state index < -0.39 is 0 Å². The van der Waals surface area contributed by atoms with Crippen LogP contribution in [0.5, 0.6) is 0 Å². The van der Waals surface area contributed by atoms with Gasteiger partial charge in [-0.15, -0.1) is 24.0 Å². The molecule has 2 fully saturated rings. The van der Waals surface area contributed by atoms with Gasteiger partial charge in [-0.1, -0.05) is 12.8 Å². The molecule has 1 atom stereocenters. The summed E-state index contributed by atoms with van der Waals surface area (Å²) >= 11 is 0. The third-order valence-electron chi connectivity index (χ3n) is 4.42. The quantitative estimate of drug-likeness (QED) is 0.285. The summed E-state index contributed by atoms with van der Waals surface area (Å²) in [4.78, 5) is 4.25. The molecule has 5 nitrogen and oxygen atoms in total. The highest BCUT2D eigenvalue weighted by Gasteiger charge is 2.29. The van der Waals surface area contributed by atoms with Crippen molar-refractivity contribution in [2.24, 2.45) is 4.99 Å². The van der Waals surface area contributed by atoms with E-state index >= 15 is 0 Å². The number of halogens is 1. The number of rotatable bonds is 7. The highest BCUT2D eigenvalue weighted by Crippen LogP contribution is 2.23. The van der Waals surface area contributed by atoms with E-state index in [4.69, 9.17) is 9.47 Å². The Kier molecular flexibility index (Phi) is 9.66. The van der Waals surface area contributed by atoms with Crippen molar-refractivity contribution in [1.29, 1.82) is 0 Å². The topological polar surface area (TPSA) is 54.9 Å². The van der Waals surface area contributed by atoms with Gasteiger partial charge in [0, 0.05) is 33.4 Å². The summed E-state index contributed by atoms with van der Waals surface area (Å²) in [6, 6.07) is 0. The van der Waals surface area contributed by atoms with Gasteiger partial charge in [0.15, 0.2) is 5.96 Å². The first-order valence-electron chi connectivity index (χ1n) is 8.42. The Hall–Kier alpha value is -0.0800. The molecule has 22 heavy (non-hydrogen) atoms. The van der Waals surface area contributed by atoms with E-state index in [1.54, 1.807) is 0 Å². The van der Waals surface area contributed by atoms with Crippen LogP contribution in [0, 0.1) is 0 Å². The van der Waals surface area contributed by atoms with Crippen molar-refractivity contribution in [2.75, 3.05) is 33.4 Å². The average molecular weight is 425 g/mol. The fraction of sp³-hybridized carbons (Fsp3) is 0.938. The predicted molar refractivity (Wildman–Crippen MR) is 101 cm³/mol. The van der Waals surface area contributed by atoms with E-state index in [2.05, 4.69) is 22.5 Å². The third kappa shape index (κ3) is 7.00. The Morgan fingerprint density at radius 3 is 2.68 bits per heavy atom. The van der Waals surface area contributed by atoms with Crippen LogP contribution in [0.4, 0.5) is 0 Å².